The van der Waals surface area contributed by atoms with Crippen LogP contribution in [-0.2, 0) is 28.6 Å². The molecule has 0 bridgehead atoms. The summed E-state index contributed by atoms with van der Waals surface area (Å²) in [4.78, 5) is 37.9. The number of hydrogen-bond acceptors (Lipinski definition) is 6. The van der Waals surface area contributed by atoms with Crippen molar-refractivity contribution >= 4 is 17.9 Å². The lowest BCUT2D eigenvalue weighted by molar-refractivity contribution is -0.167. The van der Waals surface area contributed by atoms with Crippen molar-refractivity contribution in [3.05, 3.63) is 0 Å². The van der Waals surface area contributed by atoms with Crippen LogP contribution in [0.15, 0.2) is 0 Å². The molecule has 0 saturated carbocycles. The predicted molar refractivity (Wildman–Crippen MR) is 252 cm³/mol. The molecule has 0 aromatic carbocycles. The molecule has 0 radical (unpaired) electrons. The standard InChI is InChI=1S/C53H102O6/c1-6-8-9-10-11-12-13-14-15-16-17-18-19-20-24-27-33-38-43-51(54)57-46-50(47-58-52(55)44-39-34-30-29-32-37-42-49(5)7-2)59-53(56)45-40-35-28-25-22-21-23-26-31-36-41-48(3)4/h48-50H,6-47H2,1-5H3/t49?,50-/m1/s1. The second-order valence-electron chi connectivity index (χ2n) is 18.9. The van der Waals surface area contributed by atoms with Crippen LogP contribution in [0.3, 0.4) is 0 Å². The third-order valence-corrected chi connectivity index (χ3v) is 12.3. The fraction of sp³-hybridized carbons (Fsp3) is 0.943. The summed E-state index contributed by atoms with van der Waals surface area (Å²) < 4.78 is 16.8. The zero-order chi connectivity index (χ0) is 43.3. The Morgan fingerprint density at radius 1 is 0.356 bits per heavy atom. The van der Waals surface area contributed by atoms with Crippen LogP contribution in [0.1, 0.15) is 291 Å². The molecule has 350 valence electrons. The molecule has 1 unspecified atom stereocenters. The SMILES string of the molecule is CCCCCCCCCCCCCCCCCCCCC(=O)OC[C@H](COC(=O)CCCCCCCCC(C)CC)OC(=O)CCCCCCCCCCCCC(C)C. The van der Waals surface area contributed by atoms with Crippen LogP contribution in [-0.4, -0.2) is 37.2 Å². The van der Waals surface area contributed by atoms with Crippen LogP contribution in [0.25, 0.3) is 0 Å². The topological polar surface area (TPSA) is 78.9 Å². The molecule has 0 aliphatic rings. The van der Waals surface area contributed by atoms with Gasteiger partial charge in [0.25, 0.3) is 0 Å². The van der Waals surface area contributed by atoms with Gasteiger partial charge in [-0.15, -0.1) is 0 Å². The molecule has 0 N–H and O–H groups in total. The monoisotopic (exact) mass is 835 g/mol. The highest BCUT2D eigenvalue weighted by Crippen LogP contribution is 2.18. The van der Waals surface area contributed by atoms with Crippen LogP contribution in [0.4, 0.5) is 0 Å². The molecule has 0 amide bonds. The first kappa shape index (κ1) is 57.4. The van der Waals surface area contributed by atoms with Crippen molar-refractivity contribution in [2.45, 2.75) is 298 Å². The molecular weight excluding hydrogens is 733 g/mol. The summed E-state index contributed by atoms with van der Waals surface area (Å²) in [5, 5.41) is 0. The first-order valence-electron chi connectivity index (χ1n) is 26.3. The third kappa shape index (κ3) is 45.8. The summed E-state index contributed by atoms with van der Waals surface area (Å²) in [5.74, 6) is 0.779. The van der Waals surface area contributed by atoms with E-state index in [9.17, 15) is 14.4 Å². The van der Waals surface area contributed by atoms with Crippen molar-refractivity contribution < 1.29 is 28.6 Å². The Hall–Kier alpha value is -1.59. The molecule has 2 atom stereocenters. The van der Waals surface area contributed by atoms with Crippen molar-refractivity contribution in [3.8, 4) is 0 Å². The summed E-state index contributed by atoms with van der Waals surface area (Å²) in [5.41, 5.74) is 0. The molecule has 0 aromatic heterocycles. The normalized spacial score (nSPS) is 12.5. The lowest BCUT2D eigenvalue weighted by Gasteiger charge is -2.18. The van der Waals surface area contributed by atoms with E-state index in [4.69, 9.17) is 14.2 Å². The number of unbranched alkanes of at least 4 members (excludes halogenated alkanes) is 31. The maximum Gasteiger partial charge on any atom is 0.306 e. The Morgan fingerprint density at radius 2 is 0.644 bits per heavy atom. The van der Waals surface area contributed by atoms with Crippen molar-refractivity contribution in [1.29, 1.82) is 0 Å². The molecule has 0 spiro atoms. The fourth-order valence-electron chi connectivity index (χ4n) is 7.96. The maximum atomic E-state index is 12.8. The highest BCUT2D eigenvalue weighted by Gasteiger charge is 2.19. The predicted octanol–water partition coefficient (Wildman–Crippen LogP) is 16.9. The van der Waals surface area contributed by atoms with Gasteiger partial charge in [0.15, 0.2) is 6.10 Å². The molecule has 6 heteroatoms. The minimum atomic E-state index is -0.762. The van der Waals surface area contributed by atoms with Gasteiger partial charge in [-0.1, -0.05) is 253 Å². The molecule has 0 fully saturated rings. The summed E-state index contributed by atoms with van der Waals surface area (Å²) >= 11 is 0. The van der Waals surface area contributed by atoms with Crippen molar-refractivity contribution in [2.24, 2.45) is 11.8 Å². The van der Waals surface area contributed by atoms with Gasteiger partial charge >= 0.3 is 17.9 Å². The van der Waals surface area contributed by atoms with Crippen molar-refractivity contribution in [1.82, 2.24) is 0 Å². The van der Waals surface area contributed by atoms with E-state index in [1.54, 1.807) is 0 Å². The van der Waals surface area contributed by atoms with Gasteiger partial charge in [0.05, 0.1) is 0 Å². The Kier molecular flexibility index (Phi) is 44.7. The molecule has 0 heterocycles. The minimum absolute atomic E-state index is 0.0645. The zero-order valence-electron chi connectivity index (χ0n) is 40.4. The first-order chi connectivity index (χ1) is 28.8. The highest BCUT2D eigenvalue weighted by atomic mass is 16.6. The number of ether oxygens (including phenoxy) is 3. The van der Waals surface area contributed by atoms with Crippen LogP contribution in [0.2, 0.25) is 0 Å². The average Bonchev–Trinajstić information content (AvgIpc) is 3.22. The van der Waals surface area contributed by atoms with Crippen molar-refractivity contribution in [3.63, 3.8) is 0 Å². The van der Waals surface area contributed by atoms with Crippen LogP contribution >= 0.6 is 0 Å². The second-order valence-corrected chi connectivity index (χ2v) is 18.9. The Morgan fingerprint density at radius 3 is 0.966 bits per heavy atom. The van der Waals surface area contributed by atoms with E-state index >= 15 is 0 Å². The highest BCUT2D eigenvalue weighted by molar-refractivity contribution is 5.71. The van der Waals surface area contributed by atoms with E-state index in [2.05, 4.69) is 34.6 Å². The maximum absolute atomic E-state index is 12.8. The number of carbonyl (C=O) groups excluding carboxylic acids is 3. The third-order valence-electron chi connectivity index (χ3n) is 12.3. The molecule has 0 aromatic rings. The van der Waals surface area contributed by atoms with Gasteiger partial charge in [0.2, 0.25) is 0 Å². The average molecular weight is 835 g/mol. The van der Waals surface area contributed by atoms with E-state index in [1.807, 2.05) is 0 Å². The molecule has 0 rings (SSSR count). The molecule has 0 aliphatic carbocycles. The number of carbonyl (C=O) groups is 3. The summed E-state index contributed by atoms with van der Waals surface area (Å²) in [6.45, 7) is 11.3. The molecule has 0 aliphatic heterocycles. The number of esters is 3. The minimum Gasteiger partial charge on any atom is -0.462 e. The molecule has 6 nitrogen and oxygen atoms in total. The summed E-state index contributed by atoms with van der Waals surface area (Å²) in [6, 6.07) is 0. The van der Waals surface area contributed by atoms with Crippen LogP contribution in [0, 0.1) is 11.8 Å². The summed E-state index contributed by atoms with van der Waals surface area (Å²) in [7, 11) is 0. The van der Waals surface area contributed by atoms with Gasteiger partial charge in [-0.3, -0.25) is 14.4 Å². The Labute approximate surface area is 368 Å². The van der Waals surface area contributed by atoms with Gasteiger partial charge in [-0.05, 0) is 31.1 Å². The van der Waals surface area contributed by atoms with E-state index < -0.39 is 6.10 Å². The van der Waals surface area contributed by atoms with Gasteiger partial charge in [-0.2, -0.15) is 0 Å². The van der Waals surface area contributed by atoms with E-state index in [0.717, 1.165) is 69.6 Å². The van der Waals surface area contributed by atoms with Gasteiger partial charge in [0.1, 0.15) is 13.2 Å². The Balaban J connectivity index is 4.26. The van der Waals surface area contributed by atoms with Crippen LogP contribution < -0.4 is 0 Å². The smallest absolute Gasteiger partial charge is 0.306 e. The second kappa shape index (κ2) is 45.9. The summed E-state index contributed by atoms with van der Waals surface area (Å²) in [6.07, 6.45) is 46.7. The fourth-order valence-corrected chi connectivity index (χ4v) is 7.96. The van der Waals surface area contributed by atoms with Gasteiger partial charge in [-0.25, -0.2) is 0 Å². The lowest BCUT2D eigenvalue weighted by atomic mass is 10.00. The zero-order valence-corrected chi connectivity index (χ0v) is 40.4. The molecule has 59 heavy (non-hydrogen) atoms. The van der Waals surface area contributed by atoms with E-state index in [1.165, 1.54) is 180 Å². The quantitative estimate of drug-likeness (QED) is 0.0345. The van der Waals surface area contributed by atoms with Crippen LogP contribution in [0.5, 0.6) is 0 Å². The van der Waals surface area contributed by atoms with Gasteiger partial charge in [0, 0.05) is 19.3 Å². The van der Waals surface area contributed by atoms with E-state index in [0.29, 0.717) is 19.3 Å². The first-order valence-corrected chi connectivity index (χ1v) is 26.3. The Bertz CT molecular complexity index is 902. The van der Waals surface area contributed by atoms with E-state index in [-0.39, 0.29) is 31.1 Å². The molecule has 0 saturated heterocycles. The molecular formula is C53H102O6. The van der Waals surface area contributed by atoms with Crippen molar-refractivity contribution in [2.75, 3.05) is 13.2 Å². The van der Waals surface area contributed by atoms with Gasteiger partial charge < -0.3 is 14.2 Å². The number of hydrogen-bond donors (Lipinski definition) is 0. The number of rotatable bonds is 47. The largest absolute Gasteiger partial charge is 0.462 e. The lowest BCUT2D eigenvalue weighted by Crippen LogP contribution is -2.30.